The molecule has 0 spiro atoms. The van der Waals surface area contributed by atoms with Gasteiger partial charge in [0.25, 0.3) is 0 Å². The van der Waals surface area contributed by atoms with Gasteiger partial charge in [-0.2, -0.15) is 4.85 Å². The van der Waals surface area contributed by atoms with Crippen molar-refractivity contribution in [1.82, 2.24) is 14.9 Å². The van der Waals surface area contributed by atoms with E-state index < -0.39 is 21.1 Å². The first-order chi connectivity index (χ1) is 14.6. The van der Waals surface area contributed by atoms with Gasteiger partial charge in [-0.15, -0.1) is 0 Å². The maximum atomic E-state index is 6.06. The van der Waals surface area contributed by atoms with Crippen molar-refractivity contribution >= 4 is 36.5 Å². The summed E-state index contributed by atoms with van der Waals surface area (Å²) in [5.74, 6) is 1.12. The molecule has 2 aliphatic rings. The number of benzene rings is 1. The van der Waals surface area contributed by atoms with Crippen molar-refractivity contribution in [1.29, 1.82) is 0 Å². The van der Waals surface area contributed by atoms with E-state index in [-0.39, 0.29) is 5.41 Å². The Labute approximate surface area is 187 Å². The summed E-state index contributed by atoms with van der Waals surface area (Å²) in [5.41, 5.74) is 4.01. The topological polar surface area (TPSA) is 55.0 Å². The average molecular weight is 512 g/mol. The van der Waals surface area contributed by atoms with Crippen molar-refractivity contribution in [2.45, 2.75) is 24.7 Å². The zero-order valence-corrected chi connectivity index (χ0v) is 19.2. The summed E-state index contributed by atoms with van der Waals surface area (Å²) in [7, 11) is 3.97. The Hall–Kier alpha value is -2.86. The van der Waals surface area contributed by atoms with Crippen LogP contribution in [0.1, 0.15) is 24.8 Å². The lowest BCUT2D eigenvalue weighted by Gasteiger charge is -2.41. The van der Waals surface area contributed by atoms with Crippen molar-refractivity contribution < 1.29 is 3.07 Å². The van der Waals surface area contributed by atoms with E-state index in [0.29, 0.717) is 11.7 Å². The molecule has 0 unspecified atom stereocenters. The van der Waals surface area contributed by atoms with Gasteiger partial charge in [-0.3, -0.25) is 0 Å². The summed E-state index contributed by atoms with van der Waals surface area (Å²) in [6, 6.07) is 8.57. The molecule has 152 valence electrons. The Morgan fingerprint density at radius 1 is 1.23 bits per heavy atom. The molecule has 0 atom stereocenters. The number of hydrogen-bond acceptors (Lipinski definition) is 5. The van der Waals surface area contributed by atoms with E-state index in [4.69, 9.17) is 14.6 Å². The van der Waals surface area contributed by atoms with Crippen molar-refractivity contribution in [3.8, 4) is 17.8 Å². The number of nitrogens with zero attached hydrogens (tertiary/aromatic N) is 5. The van der Waals surface area contributed by atoms with Gasteiger partial charge in [0.1, 0.15) is 43.2 Å². The van der Waals surface area contributed by atoms with Crippen molar-refractivity contribution in [3.63, 3.8) is 0 Å². The first-order valence-corrected chi connectivity index (χ1v) is 11.6. The third-order valence-corrected chi connectivity index (χ3v) is 7.68. The molecule has 1 aromatic heterocycles. The van der Waals surface area contributed by atoms with Crippen molar-refractivity contribution in [2.75, 3.05) is 14.1 Å². The Morgan fingerprint density at radius 3 is 2.53 bits per heavy atom. The molecular weight excluding hydrogens is 489 g/mol. The van der Waals surface area contributed by atoms with E-state index in [9.17, 15) is 0 Å². The lowest BCUT2D eigenvalue weighted by molar-refractivity contribution is 0.343. The first kappa shape index (κ1) is 20.4. The fraction of sp³-hybridized carbons (Fsp3) is 0.261. The van der Waals surface area contributed by atoms with Gasteiger partial charge in [0, 0.05) is 31.3 Å². The van der Waals surface area contributed by atoms with E-state index in [1.165, 1.54) is 15.6 Å². The van der Waals surface area contributed by atoms with Crippen LogP contribution in [0.5, 0.6) is 0 Å². The highest BCUT2D eigenvalue weighted by atomic mass is 127. The summed E-state index contributed by atoms with van der Waals surface area (Å²) in [4.78, 5) is 19.0. The molecule has 1 saturated carbocycles. The van der Waals surface area contributed by atoms with Gasteiger partial charge in [0.05, 0.1) is 5.57 Å². The molecule has 1 aromatic carbocycles. The van der Waals surface area contributed by atoms with E-state index in [2.05, 4.69) is 45.7 Å². The molecule has 2 heterocycles. The zero-order valence-electron chi connectivity index (χ0n) is 17.0. The van der Waals surface area contributed by atoms with Crippen LogP contribution in [-0.4, -0.2) is 38.5 Å². The van der Waals surface area contributed by atoms with Crippen LogP contribution >= 0.6 is 21.1 Å². The van der Waals surface area contributed by atoms with Crippen molar-refractivity contribution in [3.05, 3.63) is 71.5 Å². The maximum Gasteiger partial charge on any atom is 0.443 e. The van der Waals surface area contributed by atoms with E-state index in [0.717, 1.165) is 29.7 Å². The van der Waals surface area contributed by atoms with Crippen molar-refractivity contribution in [2.24, 2.45) is 4.99 Å². The van der Waals surface area contributed by atoms with Crippen LogP contribution < -0.4 is 0 Å². The summed E-state index contributed by atoms with van der Waals surface area (Å²) >= 11 is -0.597. The lowest BCUT2D eigenvalue weighted by atomic mass is 9.64. The van der Waals surface area contributed by atoms with Gasteiger partial charge < -0.3 is 7.97 Å². The van der Waals surface area contributed by atoms with Gasteiger partial charge in [-0.1, -0.05) is 43.3 Å². The quantitative estimate of drug-likeness (QED) is 0.393. The largest absolute Gasteiger partial charge is 0.443 e. The summed E-state index contributed by atoms with van der Waals surface area (Å²) < 4.78 is 7.26. The fourth-order valence-electron chi connectivity index (χ4n) is 3.60. The Morgan fingerprint density at radius 2 is 2.00 bits per heavy atom. The van der Waals surface area contributed by atoms with Gasteiger partial charge >= 0.3 is 5.82 Å². The highest BCUT2D eigenvalue weighted by molar-refractivity contribution is 14.2. The predicted molar refractivity (Wildman–Crippen MR) is 130 cm³/mol. The third-order valence-electron chi connectivity index (χ3n) is 5.35. The minimum atomic E-state index is -0.597. The fourth-order valence-corrected chi connectivity index (χ4v) is 5.96. The molecule has 1 fully saturated rings. The van der Waals surface area contributed by atoms with E-state index in [1.54, 1.807) is 18.5 Å². The second-order valence-corrected chi connectivity index (χ2v) is 9.42. The lowest BCUT2D eigenvalue weighted by Crippen LogP contribution is -2.40. The van der Waals surface area contributed by atoms with Gasteiger partial charge in [0.2, 0.25) is 5.90 Å². The minimum Gasteiger partial charge on any atom is -0.414 e. The standard InChI is InChI=1S/C23H23IN5O/c1-5-16(15-29(3)4)21-28-22(24-30-21)23(11-6-12-23)18-9-7-17(8-10-18)19-13-27-20(25-2)14-26-19/h2,5,7-10,13-15H,1,6,11-12H2,3-4H3/q+1/b16-15+. The first-order valence-electron chi connectivity index (χ1n) is 9.68. The van der Waals surface area contributed by atoms with Crippen LogP contribution in [0.25, 0.3) is 16.1 Å². The van der Waals surface area contributed by atoms with Crippen LogP contribution in [0.4, 0.5) is 5.82 Å². The van der Waals surface area contributed by atoms with Gasteiger partial charge in [-0.05, 0) is 23.4 Å². The highest BCUT2D eigenvalue weighted by Gasteiger charge is 2.45. The molecule has 0 saturated heterocycles. The van der Waals surface area contributed by atoms with E-state index in [1.807, 2.05) is 25.2 Å². The molecular formula is C23H23IN5O+. The highest BCUT2D eigenvalue weighted by Crippen LogP contribution is 2.48. The molecule has 7 heteroatoms. The number of aromatic nitrogens is 2. The smallest absolute Gasteiger partial charge is 0.414 e. The van der Waals surface area contributed by atoms with E-state index >= 15 is 0 Å². The molecule has 4 rings (SSSR count). The molecule has 1 aliphatic carbocycles. The zero-order chi connectivity index (χ0) is 21.1. The normalized spacial score (nSPS) is 17.4. The Kier molecular flexibility index (Phi) is 5.77. The minimum absolute atomic E-state index is 0.00801. The van der Waals surface area contributed by atoms with Crippen LogP contribution in [-0.2, 0) is 8.48 Å². The predicted octanol–water partition coefficient (Wildman–Crippen LogP) is 5.24. The average Bonchev–Trinajstić information content (AvgIpc) is 3.22. The van der Waals surface area contributed by atoms with Crippen LogP contribution in [0.15, 0.2) is 66.1 Å². The summed E-state index contributed by atoms with van der Waals surface area (Å²) in [6.07, 6.45) is 10.5. The van der Waals surface area contributed by atoms with Gasteiger partial charge in [0.15, 0.2) is 6.20 Å². The summed E-state index contributed by atoms with van der Waals surface area (Å²) in [6.45, 7) is 9.15. The van der Waals surface area contributed by atoms with Crippen LogP contribution in [0.3, 0.4) is 0 Å². The molecule has 0 N–H and O–H groups in total. The summed E-state index contributed by atoms with van der Waals surface area (Å²) in [5, 5.41) is 0. The van der Waals surface area contributed by atoms with Crippen LogP contribution in [0, 0.1) is 6.57 Å². The second-order valence-electron chi connectivity index (χ2n) is 7.52. The SMILES string of the molecule is C#[N+]c1cnc(-c2ccc(C3(C4=IOC(/C(C=C)=C/N(C)C)=N4)CCC3)cc2)cn1. The molecule has 0 radical (unpaired) electrons. The molecule has 30 heavy (non-hydrogen) atoms. The molecule has 0 bridgehead atoms. The number of hydrogen-bond donors (Lipinski definition) is 0. The van der Waals surface area contributed by atoms with Crippen LogP contribution in [0.2, 0.25) is 0 Å². The third kappa shape index (κ3) is 3.79. The Bertz CT molecular complexity index is 1090. The number of halogens is 1. The maximum absolute atomic E-state index is 6.06. The molecule has 6 nitrogen and oxygen atoms in total. The second kappa shape index (κ2) is 8.48. The molecule has 2 aromatic rings. The van der Waals surface area contributed by atoms with Gasteiger partial charge in [-0.25, -0.2) is 9.98 Å². The monoisotopic (exact) mass is 512 g/mol. The molecule has 0 amide bonds. The number of aliphatic imine (C=N–C) groups is 1. The number of rotatable bonds is 6. The molecule has 1 aliphatic heterocycles. The Balaban J connectivity index is 1.61.